The predicted octanol–water partition coefficient (Wildman–Crippen LogP) is 0.905. The summed E-state index contributed by atoms with van der Waals surface area (Å²) in [7, 11) is -10.0. The third-order valence-electron chi connectivity index (χ3n) is 17.6. The number of hydrogen-bond acceptors (Lipinski definition) is 31. The Morgan fingerprint density at radius 1 is 0.424 bits per heavy atom. The number of hydrazone groups is 2. The van der Waals surface area contributed by atoms with Crippen LogP contribution in [0.1, 0.15) is 42.2 Å². The number of nitrogens with two attached hydrogens (primary N) is 4. The fourth-order valence-electron chi connectivity index (χ4n) is 12.3. The Morgan fingerprint density at radius 2 is 0.727 bits per heavy atom. The number of Topliss-reactive ketones (excluding diaryl/α,β-unsaturated/α-hetero) is 2. The van der Waals surface area contributed by atoms with Gasteiger partial charge < -0.3 is 58.5 Å². The molecular weight excluding hydrogens is 1310 g/mol. The van der Waals surface area contributed by atoms with Crippen molar-refractivity contribution in [3.05, 3.63) is 123 Å². The number of nitrogens with one attached hydrogen (secondary N) is 5. The molecule has 34 nitrogen and oxygen atoms in total. The number of ketones is 2. The van der Waals surface area contributed by atoms with Crippen LogP contribution < -0.4 is 69.3 Å². The quantitative estimate of drug-likeness (QED) is 0.0296. The van der Waals surface area contributed by atoms with Crippen molar-refractivity contribution < 1.29 is 40.3 Å². The van der Waals surface area contributed by atoms with Gasteiger partial charge in [-0.05, 0) is 108 Å². The number of piperazine rings is 4. The maximum absolute atomic E-state index is 14.0. The van der Waals surface area contributed by atoms with E-state index in [1.807, 2.05) is 0 Å². The van der Waals surface area contributed by atoms with E-state index in [0.29, 0.717) is 119 Å². The number of anilines is 11. The fraction of sp³-hybridized carbons (Fsp3) is 0.381. The molecule has 4 aliphatic heterocycles. The minimum absolute atomic E-state index is 0.105. The molecule has 0 spiro atoms. The average molecular weight is 1390 g/mol. The number of allylic oxidation sites excluding steroid dienone is 2. The molecule has 0 unspecified atom stereocenters. The van der Waals surface area contributed by atoms with Gasteiger partial charge in [0.1, 0.15) is 9.81 Å². The maximum Gasteiger partial charge on any atom is 0.296 e. The molecule has 6 heterocycles. The van der Waals surface area contributed by atoms with Gasteiger partial charge in [-0.25, -0.2) is 0 Å². The number of carbonyl (C=O) groups is 3. The van der Waals surface area contributed by atoms with Crippen LogP contribution in [0.25, 0.3) is 12.2 Å². The average Bonchev–Trinajstić information content (AvgIpc) is 0.772. The maximum atomic E-state index is 14.0. The van der Waals surface area contributed by atoms with Crippen LogP contribution in [0.15, 0.2) is 105 Å². The van der Waals surface area contributed by atoms with E-state index in [4.69, 9.17) is 52.8 Å². The molecule has 4 aromatic carbocycles. The number of fused-ring (bicyclic) bond motifs is 2. The molecule has 2 aromatic heterocycles. The van der Waals surface area contributed by atoms with Gasteiger partial charge in [0.25, 0.3) is 26.1 Å². The zero-order chi connectivity index (χ0) is 69.4. The third kappa shape index (κ3) is 16.8. The summed E-state index contributed by atoms with van der Waals surface area (Å²) in [5.74, 6) is 0.336. The highest BCUT2D eigenvalue weighted by molar-refractivity contribution is 7.91. The summed E-state index contributed by atoms with van der Waals surface area (Å²) in [6, 6.07) is 21.3. The van der Waals surface area contributed by atoms with Crippen LogP contribution >= 0.6 is 0 Å². The number of nitrogens with zero attached hydrogens (tertiary/aromatic N) is 16. The van der Waals surface area contributed by atoms with E-state index in [0.717, 1.165) is 90.7 Å². The Kier molecular flexibility index (Phi) is 21.5. The fourth-order valence-corrected chi connectivity index (χ4v) is 13.6. The van der Waals surface area contributed by atoms with Crippen molar-refractivity contribution in [1.29, 1.82) is 0 Å². The molecule has 0 atom stereocenters. The number of benzene rings is 4. The van der Waals surface area contributed by atoms with Gasteiger partial charge in [0.2, 0.25) is 47.3 Å². The summed E-state index contributed by atoms with van der Waals surface area (Å²) in [5.41, 5.74) is 30.0. The van der Waals surface area contributed by atoms with E-state index >= 15 is 0 Å². The van der Waals surface area contributed by atoms with Crippen molar-refractivity contribution in [1.82, 2.24) is 49.5 Å². The van der Waals surface area contributed by atoms with Crippen LogP contribution in [0.4, 0.5) is 64.1 Å². The van der Waals surface area contributed by atoms with E-state index in [9.17, 15) is 40.3 Å². The van der Waals surface area contributed by atoms with E-state index < -0.39 is 58.9 Å². The van der Waals surface area contributed by atoms with Gasteiger partial charge >= 0.3 is 0 Å². The van der Waals surface area contributed by atoms with Crippen molar-refractivity contribution in [3.8, 4) is 0 Å². The number of hydrogen-bond donors (Lipinski definition) is 11. The first kappa shape index (κ1) is 69.3. The zero-order valence-electron chi connectivity index (χ0n) is 54.2. The lowest BCUT2D eigenvalue weighted by atomic mass is 9.94. The molecule has 2 aliphatic carbocycles. The number of aromatic nitrogens is 6. The molecule has 6 aromatic rings. The van der Waals surface area contributed by atoms with Crippen LogP contribution in [-0.4, -0.2) is 261 Å². The number of carbonyl (C=O) groups excluding carboxylic acids is 3. The second kappa shape index (κ2) is 30.7. The zero-order valence-corrected chi connectivity index (χ0v) is 55.9. The molecule has 1 amide bonds. The van der Waals surface area contributed by atoms with Crippen molar-refractivity contribution >= 4 is 125 Å². The lowest BCUT2D eigenvalue weighted by Crippen LogP contribution is -2.49. The Hall–Kier alpha value is -9.57. The van der Waals surface area contributed by atoms with Gasteiger partial charge in [-0.1, -0.05) is 0 Å². The van der Waals surface area contributed by atoms with Crippen LogP contribution in [0.2, 0.25) is 0 Å². The molecule has 0 bridgehead atoms. The molecule has 4 fully saturated rings. The molecule has 36 heteroatoms. The summed E-state index contributed by atoms with van der Waals surface area (Å²) < 4.78 is 72.5. The van der Waals surface area contributed by atoms with Crippen LogP contribution in [0, 0.1) is 0 Å². The summed E-state index contributed by atoms with van der Waals surface area (Å²) in [6.45, 7) is 17.1. The number of amides is 1. The summed E-state index contributed by atoms with van der Waals surface area (Å²) in [6.07, 6.45) is 2.31. The van der Waals surface area contributed by atoms with Gasteiger partial charge in [-0.2, -0.15) is 56.9 Å². The molecular formula is C63H79N25O9S2. The second-order valence-electron chi connectivity index (χ2n) is 24.2. The molecule has 4 saturated heterocycles. The monoisotopic (exact) mass is 1390 g/mol. The third-order valence-corrected chi connectivity index (χ3v) is 19.4. The van der Waals surface area contributed by atoms with Gasteiger partial charge in [-0.15, -0.1) is 0 Å². The Morgan fingerprint density at radius 3 is 1.04 bits per heavy atom. The Bertz CT molecular complexity index is 4250. The highest BCUT2D eigenvalue weighted by Gasteiger charge is 2.36. The second-order valence-corrected chi connectivity index (χ2v) is 27.0. The molecule has 15 N–H and O–H groups in total. The first-order valence-corrected chi connectivity index (χ1v) is 35.4. The molecule has 12 rings (SSSR count). The van der Waals surface area contributed by atoms with E-state index in [2.05, 4.69) is 76.2 Å². The molecule has 99 heavy (non-hydrogen) atoms. The largest absolute Gasteiger partial charge is 0.338 e. The van der Waals surface area contributed by atoms with E-state index in [-0.39, 0.29) is 51.1 Å². The number of rotatable bonds is 24. The minimum atomic E-state index is -5.01. The van der Waals surface area contributed by atoms with Gasteiger partial charge in [0.05, 0.1) is 11.4 Å². The molecule has 0 radical (unpaired) electrons. The highest BCUT2D eigenvalue weighted by Crippen LogP contribution is 2.33. The standard InChI is InChI=1S/C63H79N25O9S2/c64-13-17-81-21-29-85(30-22-81)60-71-58(72-61(75-60)86-31-23-82(18-14-65)24-32-86)69-47-9-11-49-42(37-47)39-51(98(92,93)94)53(55(49)89)79-77-45-3-1-41(2-4-45)57(91)68-44-5-7-46(8-6-44)78-80-54-52(99(95,96)97)40-43-38-48(10-12-50(43)56(54)90)70-59-73-62(87-33-25-83(19-15-66)26-34-87)76-63(74-59)88-35-27-84(20-16-67)28-36-88/h1-12,37-40,77-78H,13-36,64-67H2,(H,68,91)(H,92,93,94)(H,95,96,97)(H,69,71,72,75)(H,70,73,74,76)/b79-53+,80-54-. The summed E-state index contributed by atoms with van der Waals surface area (Å²) in [4.78, 5) is 86.6. The molecule has 6 aliphatic rings. The smallest absolute Gasteiger partial charge is 0.296 e. The first-order chi connectivity index (χ1) is 47.8. The summed E-state index contributed by atoms with van der Waals surface area (Å²) in [5, 5.41) is 17.5. The normalized spacial score (nSPS) is 18.4. The summed E-state index contributed by atoms with van der Waals surface area (Å²) >= 11 is 0. The van der Waals surface area contributed by atoms with Gasteiger partial charge in [0, 0.05) is 191 Å². The topological polar surface area (TPSA) is 452 Å². The van der Waals surface area contributed by atoms with Crippen molar-refractivity contribution in [2.75, 3.05) is 203 Å². The molecule has 522 valence electrons. The van der Waals surface area contributed by atoms with Crippen molar-refractivity contribution in [3.63, 3.8) is 0 Å². The van der Waals surface area contributed by atoms with Gasteiger partial charge in [-0.3, -0.25) is 53.9 Å². The van der Waals surface area contributed by atoms with Crippen molar-refractivity contribution in [2.24, 2.45) is 33.1 Å². The van der Waals surface area contributed by atoms with Crippen molar-refractivity contribution in [2.45, 2.75) is 0 Å². The Balaban J connectivity index is 0.682. The lowest BCUT2D eigenvalue weighted by molar-refractivity contribution is 0.102. The van der Waals surface area contributed by atoms with E-state index in [1.165, 1.54) is 60.7 Å². The predicted molar refractivity (Wildman–Crippen MR) is 381 cm³/mol. The van der Waals surface area contributed by atoms with E-state index in [1.54, 1.807) is 24.3 Å². The van der Waals surface area contributed by atoms with Crippen LogP contribution in [0.3, 0.4) is 0 Å². The molecule has 0 saturated carbocycles. The highest BCUT2D eigenvalue weighted by atomic mass is 32.2. The SMILES string of the molecule is NCCN1CCN(c2nc(Nc3ccc4c(c3)C=C(S(=O)(=O)O)/C(=N\Nc3ccc(C(=O)Nc5ccc(N/N=C6\C(=O)c7ccc(Nc8nc(N9CCN(CCN)CC9)nc(N9CCN(CCN)CC9)n8)cc7C=C6S(=O)(=O)O)cc5)cc3)C4=O)nc(N3CCN(CCN)CC3)n2)CC1. The minimum Gasteiger partial charge on any atom is -0.338 e. The lowest BCUT2D eigenvalue weighted by Gasteiger charge is -2.36. The van der Waals surface area contributed by atoms with Crippen LogP contribution in [-0.2, 0) is 20.2 Å². The van der Waals surface area contributed by atoms with Gasteiger partial charge in [0.15, 0.2) is 11.4 Å². The van der Waals surface area contributed by atoms with Crippen LogP contribution in [0.5, 0.6) is 0 Å². The first-order valence-electron chi connectivity index (χ1n) is 32.5. The Labute approximate surface area is 571 Å².